The van der Waals surface area contributed by atoms with E-state index in [1.54, 1.807) is 31.2 Å². The summed E-state index contributed by atoms with van der Waals surface area (Å²) >= 11 is 0. The Morgan fingerprint density at radius 1 is 1.17 bits per heavy atom. The van der Waals surface area contributed by atoms with Gasteiger partial charge in [0.05, 0.1) is 0 Å². The molecule has 0 bridgehead atoms. The summed E-state index contributed by atoms with van der Waals surface area (Å²) in [7, 11) is -4.27. The second-order valence-electron chi connectivity index (χ2n) is 3.92. The molecule has 4 N–H and O–H groups in total. The Kier molecular flexibility index (Phi) is 3.91. The molecule has 18 heavy (non-hydrogen) atoms. The highest BCUT2D eigenvalue weighted by Crippen LogP contribution is 2.30. The van der Waals surface area contributed by atoms with Crippen LogP contribution < -0.4 is 6.15 Å². The summed E-state index contributed by atoms with van der Waals surface area (Å²) < 4.78 is 32.3. The molecule has 5 heteroatoms. The van der Waals surface area contributed by atoms with E-state index >= 15 is 0 Å². The maximum Gasteiger partial charge on any atom is 0.295 e. The van der Waals surface area contributed by atoms with Crippen LogP contribution in [-0.4, -0.2) is 13.0 Å². The van der Waals surface area contributed by atoms with E-state index in [1.807, 2.05) is 12.1 Å². The first kappa shape index (κ1) is 14.4. The first-order valence-electron chi connectivity index (χ1n) is 5.06. The van der Waals surface area contributed by atoms with Gasteiger partial charge in [-0.2, -0.15) is 8.42 Å². The molecular weight excluding hydrogens is 250 g/mol. The number of allylic oxidation sites excluding steroid dienone is 1. The van der Waals surface area contributed by atoms with Crippen LogP contribution in [0.1, 0.15) is 12.5 Å². The van der Waals surface area contributed by atoms with Crippen LogP contribution in [0.3, 0.4) is 0 Å². The monoisotopic (exact) mass is 265 g/mol. The van der Waals surface area contributed by atoms with E-state index in [4.69, 9.17) is 0 Å². The van der Waals surface area contributed by atoms with Gasteiger partial charge in [0.25, 0.3) is 10.1 Å². The Morgan fingerprint density at radius 2 is 1.78 bits per heavy atom. The Morgan fingerprint density at radius 3 is 2.33 bits per heavy atom. The van der Waals surface area contributed by atoms with Crippen molar-refractivity contribution in [3.8, 4) is 0 Å². The lowest BCUT2D eigenvalue weighted by Crippen LogP contribution is -2.03. The predicted octanol–water partition coefficient (Wildman–Crippen LogP) is 3.28. The first-order chi connectivity index (χ1) is 7.91. The molecule has 96 valence electrons. The van der Waals surface area contributed by atoms with Crippen LogP contribution in [0, 0.1) is 0 Å². The van der Waals surface area contributed by atoms with Crippen molar-refractivity contribution in [1.29, 1.82) is 0 Å². The molecule has 0 amide bonds. The van der Waals surface area contributed by atoms with Crippen LogP contribution in [0.5, 0.6) is 0 Å². The molecule has 0 saturated heterocycles. The van der Waals surface area contributed by atoms with Crippen molar-refractivity contribution in [1.82, 2.24) is 6.15 Å². The van der Waals surface area contributed by atoms with E-state index < -0.39 is 10.1 Å². The van der Waals surface area contributed by atoms with Gasteiger partial charge in [0.2, 0.25) is 0 Å². The van der Waals surface area contributed by atoms with Gasteiger partial charge in [0, 0.05) is 5.39 Å². The number of rotatable bonds is 2. The average Bonchev–Trinajstić information content (AvgIpc) is 2.26. The molecule has 0 spiro atoms. The van der Waals surface area contributed by atoms with Gasteiger partial charge in [-0.15, -0.1) is 0 Å². The van der Waals surface area contributed by atoms with E-state index in [1.165, 1.54) is 0 Å². The molecule has 0 aliphatic rings. The molecule has 0 aliphatic heterocycles. The predicted molar refractivity (Wildman–Crippen MR) is 73.5 cm³/mol. The topological polar surface area (TPSA) is 89.4 Å². The Balaban J connectivity index is 0.00000162. The molecule has 4 nitrogen and oxygen atoms in total. The lowest BCUT2D eigenvalue weighted by molar-refractivity contribution is 0.484. The van der Waals surface area contributed by atoms with Crippen LogP contribution in [0.15, 0.2) is 47.9 Å². The highest BCUT2D eigenvalue weighted by molar-refractivity contribution is 7.86. The Bertz CT molecular complexity index is 705. The second kappa shape index (κ2) is 4.89. The fourth-order valence-electron chi connectivity index (χ4n) is 1.86. The highest BCUT2D eigenvalue weighted by atomic mass is 32.2. The van der Waals surface area contributed by atoms with Crippen molar-refractivity contribution in [3.05, 3.63) is 48.5 Å². The zero-order valence-electron chi connectivity index (χ0n) is 10.1. The number of fused-ring (bicyclic) bond motifs is 1. The number of hydrogen-bond acceptors (Lipinski definition) is 3. The van der Waals surface area contributed by atoms with Gasteiger partial charge in [-0.25, -0.2) is 0 Å². The van der Waals surface area contributed by atoms with E-state index in [0.29, 0.717) is 16.5 Å². The summed E-state index contributed by atoms with van der Waals surface area (Å²) in [6, 6.07) is 10.5. The third-order valence-corrected chi connectivity index (χ3v) is 3.55. The molecule has 0 atom stereocenters. The quantitative estimate of drug-likeness (QED) is 0.815. The Hall–Kier alpha value is -1.69. The van der Waals surface area contributed by atoms with Crippen molar-refractivity contribution in [3.63, 3.8) is 0 Å². The van der Waals surface area contributed by atoms with E-state index in [2.05, 4.69) is 6.58 Å². The minimum absolute atomic E-state index is 0. The van der Waals surface area contributed by atoms with Crippen molar-refractivity contribution >= 4 is 26.5 Å². The summed E-state index contributed by atoms with van der Waals surface area (Å²) in [6.07, 6.45) is 0. The van der Waals surface area contributed by atoms with Crippen molar-refractivity contribution in [2.24, 2.45) is 0 Å². The zero-order valence-corrected chi connectivity index (χ0v) is 10.9. The van der Waals surface area contributed by atoms with Crippen LogP contribution >= 0.6 is 0 Å². The smallest absolute Gasteiger partial charge is 0.295 e. The van der Waals surface area contributed by atoms with Crippen molar-refractivity contribution in [2.75, 3.05) is 0 Å². The summed E-state index contributed by atoms with van der Waals surface area (Å²) in [5, 5.41) is 1.28. The molecule has 0 radical (unpaired) electrons. The summed E-state index contributed by atoms with van der Waals surface area (Å²) in [5.74, 6) is 0. The van der Waals surface area contributed by atoms with Crippen LogP contribution in [0.25, 0.3) is 16.3 Å². The normalized spacial score (nSPS) is 11.0. The van der Waals surface area contributed by atoms with Gasteiger partial charge < -0.3 is 6.15 Å². The molecule has 2 aromatic rings. The van der Waals surface area contributed by atoms with Gasteiger partial charge in [0.15, 0.2) is 0 Å². The summed E-state index contributed by atoms with van der Waals surface area (Å²) in [6.45, 7) is 5.44. The molecule has 0 aliphatic carbocycles. The fraction of sp³-hybridized carbons (Fsp3) is 0.0769. The number of benzene rings is 2. The molecule has 0 aromatic heterocycles. The van der Waals surface area contributed by atoms with Gasteiger partial charge in [-0.3, -0.25) is 4.55 Å². The van der Waals surface area contributed by atoms with Crippen LogP contribution in [0.4, 0.5) is 0 Å². The summed E-state index contributed by atoms with van der Waals surface area (Å²) in [5.41, 5.74) is 1.05. The average molecular weight is 265 g/mol. The first-order valence-corrected chi connectivity index (χ1v) is 6.50. The second-order valence-corrected chi connectivity index (χ2v) is 5.28. The van der Waals surface area contributed by atoms with E-state index in [-0.39, 0.29) is 11.0 Å². The molecule has 0 heterocycles. The molecule has 2 aromatic carbocycles. The SMILES string of the molecule is C=C(C)c1ccc2ccccc2c1S(=O)(=O)O.N. The van der Waals surface area contributed by atoms with Crippen molar-refractivity contribution < 1.29 is 13.0 Å². The lowest BCUT2D eigenvalue weighted by Gasteiger charge is -2.10. The zero-order chi connectivity index (χ0) is 12.6. The van der Waals surface area contributed by atoms with Gasteiger partial charge in [-0.05, 0) is 23.4 Å². The summed E-state index contributed by atoms with van der Waals surface area (Å²) in [4.78, 5) is -0.0666. The molecule has 0 unspecified atom stereocenters. The van der Waals surface area contributed by atoms with Crippen LogP contribution in [-0.2, 0) is 10.1 Å². The minimum atomic E-state index is -4.27. The third-order valence-electron chi connectivity index (χ3n) is 2.60. The standard InChI is InChI=1S/C13H12O3S.H3N/c1-9(2)11-8-7-10-5-3-4-6-12(10)13(11)17(14,15)16;/h3-8H,1H2,2H3,(H,14,15,16);1H3. The highest BCUT2D eigenvalue weighted by Gasteiger charge is 2.19. The fourth-order valence-corrected chi connectivity index (χ4v) is 2.84. The number of hydrogen-bond donors (Lipinski definition) is 2. The van der Waals surface area contributed by atoms with Gasteiger partial charge >= 0.3 is 0 Å². The van der Waals surface area contributed by atoms with Crippen molar-refractivity contribution in [2.45, 2.75) is 11.8 Å². The minimum Gasteiger partial charge on any atom is -0.344 e. The van der Waals surface area contributed by atoms with E-state index in [9.17, 15) is 13.0 Å². The maximum atomic E-state index is 11.5. The van der Waals surface area contributed by atoms with Crippen LogP contribution in [0.2, 0.25) is 0 Å². The van der Waals surface area contributed by atoms with Gasteiger partial charge in [0.1, 0.15) is 4.90 Å². The molecular formula is C13H15NO3S. The largest absolute Gasteiger partial charge is 0.344 e. The molecule has 2 rings (SSSR count). The molecule has 0 saturated carbocycles. The van der Waals surface area contributed by atoms with Gasteiger partial charge in [-0.1, -0.05) is 43.0 Å². The Labute approximate surface area is 106 Å². The van der Waals surface area contributed by atoms with E-state index in [0.717, 1.165) is 5.39 Å². The lowest BCUT2D eigenvalue weighted by atomic mass is 10.0. The molecule has 0 fully saturated rings. The third kappa shape index (κ3) is 2.43. The maximum absolute atomic E-state index is 11.5.